The first-order valence-corrected chi connectivity index (χ1v) is 10.6. The molecule has 2 N–H and O–H groups in total. The number of carbonyl (C=O) groups excluding carboxylic acids is 1. The van der Waals surface area contributed by atoms with Crippen LogP contribution in [-0.2, 0) is 14.8 Å². The number of nitrogens with one attached hydrogen (secondary N) is 2. The smallest absolute Gasteiger partial charge is 0.265 e. The SMILES string of the molecule is C[C@@H](Oc1ccc(Cl)cc1)C(=O)Nc1ccc(S(=O)(=O)Nc2ccccc2)cc1. The van der Waals surface area contributed by atoms with E-state index in [9.17, 15) is 13.2 Å². The lowest BCUT2D eigenvalue weighted by Crippen LogP contribution is -2.30. The van der Waals surface area contributed by atoms with E-state index in [2.05, 4.69) is 10.0 Å². The van der Waals surface area contributed by atoms with Crippen molar-refractivity contribution in [3.8, 4) is 5.75 Å². The Kier molecular flexibility index (Phi) is 6.41. The van der Waals surface area contributed by atoms with E-state index in [1.54, 1.807) is 61.5 Å². The number of hydrogen-bond acceptors (Lipinski definition) is 4. The first kappa shape index (κ1) is 20.7. The van der Waals surface area contributed by atoms with Crippen molar-refractivity contribution in [3.05, 3.63) is 83.9 Å². The fraction of sp³-hybridized carbons (Fsp3) is 0.0952. The van der Waals surface area contributed by atoms with Gasteiger partial charge in [-0.1, -0.05) is 29.8 Å². The van der Waals surface area contributed by atoms with Crippen LogP contribution in [0.3, 0.4) is 0 Å². The van der Waals surface area contributed by atoms with Gasteiger partial charge in [0.05, 0.1) is 4.90 Å². The minimum Gasteiger partial charge on any atom is -0.481 e. The van der Waals surface area contributed by atoms with E-state index in [0.717, 1.165) is 0 Å². The lowest BCUT2D eigenvalue weighted by atomic mass is 10.3. The maximum atomic E-state index is 12.4. The average Bonchev–Trinajstić information content (AvgIpc) is 2.70. The fourth-order valence-corrected chi connectivity index (χ4v) is 3.64. The summed E-state index contributed by atoms with van der Waals surface area (Å²) in [6, 6.07) is 21.2. The second kappa shape index (κ2) is 8.98. The molecule has 29 heavy (non-hydrogen) atoms. The van der Waals surface area contributed by atoms with E-state index >= 15 is 0 Å². The summed E-state index contributed by atoms with van der Waals surface area (Å²) in [6.45, 7) is 1.62. The van der Waals surface area contributed by atoms with Crippen molar-refractivity contribution in [1.82, 2.24) is 0 Å². The second-order valence-corrected chi connectivity index (χ2v) is 8.32. The van der Waals surface area contributed by atoms with Crippen molar-refractivity contribution in [2.75, 3.05) is 10.0 Å². The van der Waals surface area contributed by atoms with Crippen LogP contribution in [0, 0.1) is 0 Å². The number of anilines is 2. The number of hydrogen-bond donors (Lipinski definition) is 2. The van der Waals surface area contributed by atoms with E-state index in [1.807, 2.05) is 0 Å². The van der Waals surface area contributed by atoms with Crippen molar-refractivity contribution in [1.29, 1.82) is 0 Å². The van der Waals surface area contributed by atoms with Crippen molar-refractivity contribution < 1.29 is 17.9 Å². The zero-order chi connectivity index (χ0) is 20.9. The Hall–Kier alpha value is -3.03. The number of para-hydroxylation sites is 1. The van der Waals surface area contributed by atoms with Crippen LogP contribution in [0.2, 0.25) is 5.02 Å². The van der Waals surface area contributed by atoms with Crippen LogP contribution in [0.15, 0.2) is 83.8 Å². The third-order valence-corrected chi connectivity index (χ3v) is 5.60. The van der Waals surface area contributed by atoms with Crippen LogP contribution in [-0.4, -0.2) is 20.4 Å². The monoisotopic (exact) mass is 430 g/mol. The van der Waals surface area contributed by atoms with Gasteiger partial charge in [-0.3, -0.25) is 9.52 Å². The minimum absolute atomic E-state index is 0.0878. The predicted octanol–water partition coefficient (Wildman–Crippen LogP) is 4.55. The number of benzene rings is 3. The molecule has 0 bridgehead atoms. The van der Waals surface area contributed by atoms with E-state index in [-0.39, 0.29) is 10.8 Å². The normalized spacial score (nSPS) is 12.1. The van der Waals surface area contributed by atoms with Crippen LogP contribution in [0.25, 0.3) is 0 Å². The molecule has 0 fully saturated rings. The van der Waals surface area contributed by atoms with Gasteiger partial charge in [-0.2, -0.15) is 0 Å². The molecule has 3 aromatic carbocycles. The summed E-state index contributed by atoms with van der Waals surface area (Å²) in [5.74, 6) is 0.156. The van der Waals surface area contributed by atoms with Gasteiger partial charge in [-0.15, -0.1) is 0 Å². The highest BCUT2D eigenvalue weighted by atomic mass is 35.5. The summed E-state index contributed by atoms with van der Waals surface area (Å²) in [5, 5.41) is 3.27. The summed E-state index contributed by atoms with van der Waals surface area (Å²) in [7, 11) is -3.72. The van der Waals surface area contributed by atoms with Gasteiger partial charge in [-0.25, -0.2) is 8.42 Å². The Bertz CT molecular complexity index is 1070. The van der Waals surface area contributed by atoms with E-state index < -0.39 is 16.1 Å². The molecule has 3 rings (SSSR count). The number of halogens is 1. The molecule has 0 aromatic heterocycles. The molecule has 1 amide bonds. The molecule has 0 aliphatic heterocycles. The quantitative estimate of drug-likeness (QED) is 0.576. The summed E-state index contributed by atoms with van der Waals surface area (Å²) < 4.78 is 33.0. The summed E-state index contributed by atoms with van der Waals surface area (Å²) in [6.07, 6.45) is -0.751. The molecule has 0 unspecified atom stereocenters. The molecule has 1 atom stereocenters. The van der Waals surface area contributed by atoms with Crippen LogP contribution < -0.4 is 14.8 Å². The van der Waals surface area contributed by atoms with E-state index in [1.165, 1.54) is 24.3 Å². The van der Waals surface area contributed by atoms with E-state index in [0.29, 0.717) is 22.1 Å². The molecule has 0 aliphatic carbocycles. The van der Waals surface area contributed by atoms with Crippen molar-refractivity contribution in [2.45, 2.75) is 17.9 Å². The molecule has 0 saturated heterocycles. The first-order valence-electron chi connectivity index (χ1n) is 8.74. The van der Waals surface area contributed by atoms with Crippen LogP contribution >= 0.6 is 11.6 Å². The van der Waals surface area contributed by atoms with E-state index in [4.69, 9.17) is 16.3 Å². The highest BCUT2D eigenvalue weighted by molar-refractivity contribution is 7.92. The number of sulfonamides is 1. The summed E-state index contributed by atoms with van der Waals surface area (Å²) in [4.78, 5) is 12.4. The third-order valence-electron chi connectivity index (χ3n) is 3.95. The van der Waals surface area contributed by atoms with Gasteiger partial charge in [0.2, 0.25) is 0 Å². The van der Waals surface area contributed by atoms with Gasteiger partial charge in [-0.05, 0) is 67.6 Å². The topological polar surface area (TPSA) is 84.5 Å². The maximum absolute atomic E-state index is 12.4. The molecular formula is C21H19ClN2O4S. The predicted molar refractivity (Wildman–Crippen MR) is 114 cm³/mol. The maximum Gasteiger partial charge on any atom is 0.265 e. The lowest BCUT2D eigenvalue weighted by Gasteiger charge is -2.15. The first-order chi connectivity index (χ1) is 13.8. The molecule has 3 aromatic rings. The Morgan fingerprint density at radius 1 is 0.897 bits per heavy atom. The van der Waals surface area contributed by atoms with Gasteiger partial charge < -0.3 is 10.1 Å². The molecule has 0 heterocycles. The Morgan fingerprint density at radius 3 is 2.14 bits per heavy atom. The average molecular weight is 431 g/mol. The van der Waals surface area contributed by atoms with Crippen LogP contribution in [0.1, 0.15) is 6.92 Å². The Balaban J connectivity index is 1.62. The molecule has 0 radical (unpaired) electrons. The minimum atomic E-state index is -3.72. The van der Waals surface area contributed by atoms with Gasteiger partial charge in [0.25, 0.3) is 15.9 Å². The molecule has 0 saturated carbocycles. The molecule has 6 nitrogen and oxygen atoms in total. The van der Waals surface area contributed by atoms with Gasteiger partial charge in [0.15, 0.2) is 6.10 Å². The largest absolute Gasteiger partial charge is 0.481 e. The fourth-order valence-electron chi connectivity index (χ4n) is 2.45. The zero-order valence-electron chi connectivity index (χ0n) is 15.5. The summed E-state index contributed by atoms with van der Waals surface area (Å²) >= 11 is 5.83. The number of amides is 1. The zero-order valence-corrected chi connectivity index (χ0v) is 17.1. The molecular weight excluding hydrogens is 412 g/mol. The second-order valence-electron chi connectivity index (χ2n) is 6.20. The molecule has 0 spiro atoms. The Labute approximate surface area is 174 Å². The van der Waals surface area contributed by atoms with Crippen molar-refractivity contribution in [2.24, 2.45) is 0 Å². The Morgan fingerprint density at radius 2 is 1.52 bits per heavy atom. The standard InChI is InChI=1S/C21H19ClN2O4S/c1-15(28-19-11-7-16(22)8-12-19)21(25)23-17-9-13-20(14-10-17)29(26,27)24-18-5-3-2-4-6-18/h2-15,24H,1H3,(H,23,25)/t15-/m1/s1. The third kappa shape index (κ3) is 5.73. The number of carbonyl (C=O) groups is 1. The number of rotatable bonds is 7. The summed E-state index contributed by atoms with van der Waals surface area (Å²) in [5.41, 5.74) is 0.929. The van der Waals surface area contributed by atoms with Crippen LogP contribution in [0.5, 0.6) is 5.75 Å². The highest BCUT2D eigenvalue weighted by Crippen LogP contribution is 2.20. The number of ether oxygens (including phenoxy) is 1. The lowest BCUT2D eigenvalue weighted by molar-refractivity contribution is -0.122. The van der Waals surface area contributed by atoms with Crippen molar-refractivity contribution in [3.63, 3.8) is 0 Å². The molecule has 0 aliphatic rings. The van der Waals surface area contributed by atoms with Crippen molar-refractivity contribution >= 4 is 38.9 Å². The highest BCUT2D eigenvalue weighted by Gasteiger charge is 2.17. The van der Waals surface area contributed by atoms with Crippen LogP contribution in [0.4, 0.5) is 11.4 Å². The van der Waals surface area contributed by atoms with Gasteiger partial charge in [0.1, 0.15) is 5.75 Å². The molecule has 150 valence electrons. The molecule has 8 heteroatoms. The van der Waals surface area contributed by atoms with Gasteiger partial charge in [0, 0.05) is 16.4 Å². The van der Waals surface area contributed by atoms with Gasteiger partial charge >= 0.3 is 0 Å².